The van der Waals surface area contributed by atoms with Gasteiger partial charge in [0, 0.05) is 53.4 Å². The minimum Gasteiger partial charge on any atom is -0.286 e. The Balaban J connectivity index is 0.922. The van der Waals surface area contributed by atoms with Crippen LogP contribution in [0.5, 0.6) is 0 Å². The minimum atomic E-state index is -0.400. The largest absolute Gasteiger partial charge is 0.286 e. The number of allylic oxidation sites excluding steroid dienone is 13. The van der Waals surface area contributed by atoms with Gasteiger partial charge in [-0.15, -0.1) is 0 Å². The van der Waals surface area contributed by atoms with Crippen molar-refractivity contribution in [1.29, 1.82) is 0 Å². The monoisotopic (exact) mass is 745 g/mol. The smallest absolute Gasteiger partial charge is 0.114 e. The van der Waals surface area contributed by atoms with Crippen molar-refractivity contribution in [3.05, 3.63) is 172 Å². The van der Waals surface area contributed by atoms with Crippen LogP contribution in [0, 0.1) is 29.6 Å². The summed E-state index contributed by atoms with van der Waals surface area (Å²) in [6.07, 6.45) is 52.5. The number of pyridine rings is 1. The summed E-state index contributed by atoms with van der Waals surface area (Å²) in [4.78, 5) is 10.7. The molecule has 0 spiro atoms. The van der Waals surface area contributed by atoms with Gasteiger partial charge >= 0.3 is 0 Å². The molecule has 2 heterocycles. The molecule has 9 atom stereocenters. The molecule has 1 aliphatic heterocycles. The predicted octanol–water partition coefficient (Wildman–Crippen LogP) is 12.3. The first-order valence-corrected chi connectivity index (χ1v) is 22.1. The van der Waals surface area contributed by atoms with Crippen LogP contribution in [-0.2, 0) is 12.8 Å². The van der Waals surface area contributed by atoms with E-state index in [1.54, 1.807) is 16.7 Å². The fraction of sp³-hybridized carbons (Fsp3) is 0.370. The number of benzene rings is 2. The molecule has 286 valence electrons. The molecule has 8 aliphatic rings. The first kappa shape index (κ1) is 35.3. The molecule has 0 amide bonds. The van der Waals surface area contributed by atoms with Gasteiger partial charge in [0.2, 0.25) is 0 Å². The van der Waals surface area contributed by atoms with E-state index in [9.17, 15) is 0 Å². The second-order valence-electron chi connectivity index (χ2n) is 18.2. The van der Waals surface area contributed by atoms with E-state index in [0.717, 1.165) is 56.9 Å². The normalized spacial score (nSPS) is 33.5. The van der Waals surface area contributed by atoms with Crippen LogP contribution >= 0.6 is 0 Å². The molecule has 0 fully saturated rings. The number of aliphatic imine (C=N–C) groups is 1. The Morgan fingerprint density at radius 1 is 0.772 bits per heavy atom. The standard InChI is InChI=1S/C54H55N3/c1-54(42-28-26-35(27-29-42)41-30-40-14-4-11-21-51(40)55-34-41)56-52(33-53(57-54)50-32-39-13-3-6-16-44(39)46-18-8-10-20-48(46)50)37-24-22-36(23-25-37)49-31-38-12-2-5-15-43(38)45-17-7-9-19-47(45)49/h2-4,6-8,11-14,16-18,21-22,24-26,28,30-32,34-36,39,42,44,46,48,52,56H,5,9-10,15,19-20,23,27,29,33H2,1H3/t35?,36?,39?,42?,44?,46?,48?,52-,54+/m1/s1. The third kappa shape index (κ3) is 6.38. The highest BCUT2D eigenvalue weighted by atomic mass is 15.2. The van der Waals surface area contributed by atoms with Crippen LogP contribution in [0.4, 0.5) is 0 Å². The van der Waals surface area contributed by atoms with Crippen molar-refractivity contribution in [2.45, 2.75) is 94.7 Å². The zero-order valence-electron chi connectivity index (χ0n) is 33.4. The number of nitrogens with one attached hydrogen (secondary N) is 1. The number of nitrogens with zero attached hydrogens (tertiary/aromatic N) is 2. The number of hydrogen-bond donors (Lipinski definition) is 1. The highest BCUT2D eigenvalue weighted by Crippen LogP contribution is 2.49. The fourth-order valence-electron chi connectivity index (χ4n) is 11.9. The zero-order valence-corrected chi connectivity index (χ0v) is 33.4. The van der Waals surface area contributed by atoms with Crippen molar-refractivity contribution in [2.75, 3.05) is 0 Å². The first-order chi connectivity index (χ1) is 28.1. The van der Waals surface area contributed by atoms with E-state index in [-0.39, 0.29) is 6.04 Å². The van der Waals surface area contributed by atoms with Gasteiger partial charge in [-0.25, -0.2) is 0 Å². The molecule has 0 radical (unpaired) electrons. The topological polar surface area (TPSA) is 37.3 Å². The quantitative estimate of drug-likeness (QED) is 0.264. The van der Waals surface area contributed by atoms with E-state index in [1.807, 2.05) is 0 Å². The molecular formula is C54H55N3. The Labute approximate surface area is 339 Å². The number of aromatic nitrogens is 1. The molecule has 0 saturated carbocycles. The number of rotatable bonds is 5. The molecule has 0 bridgehead atoms. The Bertz CT molecular complexity index is 2420. The number of para-hydroxylation sites is 1. The summed E-state index contributed by atoms with van der Waals surface area (Å²) in [7, 11) is 0. The SMILES string of the molecule is C[C@@]1(C2C=CC(c3cnc4ccccc4c3)CC2)N=C(C2=CC3C=CC=CC3C3C=CCCC23)C[C@H](C2=CCC(c3cc4c(c5c3CCC=C5)CCC=C4)C=C2)N1. The van der Waals surface area contributed by atoms with Crippen LogP contribution in [0.1, 0.15) is 104 Å². The highest BCUT2D eigenvalue weighted by molar-refractivity contribution is 6.02. The van der Waals surface area contributed by atoms with Crippen molar-refractivity contribution in [1.82, 2.24) is 10.3 Å². The lowest BCUT2D eigenvalue weighted by Crippen LogP contribution is -2.57. The van der Waals surface area contributed by atoms with Gasteiger partial charge in [0.1, 0.15) is 5.66 Å². The third-order valence-electron chi connectivity index (χ3n) is 14.9. The maximum Gasteiger partial charge on any atom is 0.114 e. The summed E-state index contributed by atoms with van der Waals surface area (Å²) in [6.45, 7) is 2.40. The molecule has 3 aromatic rings. The summed E-state index contributed by atoms with van der Waals surface area (Å²) in [6, 6.07) is 13.6. The van der Waals surface area contributed by atoms with Crippen molar-refractivity contribution in [2.24, 2.45) is 34.6 Å². The minimum absolute atomic E-state index is 0.219. The van der Waals surface area contributed by atoms with Crippen LogP contribution in [0.15, 0.2) is 144 Å². The maximum absolute atomic E-state index is 5.87. The molecular weight excluding hydrogens is 691 g/mol. The van der Waals surface area contributed by atoms with E-state index in [4.69, 9.17) is 9.98 Å². The summed E-state index contributed by atoms with van der Waals surface area (Å²) in [5.74, 6) is 3.15. The molecule has 3 heteroatoms. The van der Waals surface area contributed by atoms with Crippen LogP contribution in [0.3, 0.4) is 0 Å². The van der Waals surface area contributed by atoms with E-state index in [1.165, 1.54) is 51.8 Å². The van der Waals surface area contributed by atoms with Crippen LogP contribution in [0.2, 0.25) is 0 Å². The molecule has 2 aromatic carbocycles. The van der Waals surface area contributed by atoms with Gasteiger partial charge in [-0.05, 0) is 139 Å². The molecule has 1 N–H and O–H groups in total. The lowest BCUT2D eigenvalue weighted by atomic mass is 9.62. The lowest BCUT2D eigenvalue weighted by Gasteiger charge is -2.47. The van der Waals surface area contributed by atoms with Crippen molar-refractivity contribution >= 4 is 28.8 Å². The van der Waals surface area contributed by atoms with Gasteiger partial charge in [0.15, 0.2) is 0 Å². The van der Waals surface area contributed by atoms with Crippen LogP contribution < -0.4 is 5.32 Å². The average molecular weight is 746 g/mol. The molecule has 0 saturated heterocycles. The van der Waals surface area contributed by atoms with E-state index in [0.29, 0.717) is 41.4 Å². The number of fused-ring (bicyclic) bond motifs is 7. The predicted molar refractivity (Wildman–Crippen MR) is 238 cm³/mol. The summed E-state index contributed by atoms with van der Waals surface area (Å²) < 4.78 is 0. The lowest BCUT2D eigenvalue weighted by molar-refractivity contribution is 0.228. The van der Waals surface area contributed by atoms with Gasteiger partial charge in [-0.2, -0.15) is 0 Å². The van der Waals surface area contributed by atoms with Crippen molar-refractivity contribution < 1.29 is 0 Å². The Morgan fingerprint density at radius 3 is 2.56 bits per heavy atom. The molecule has 1 aromatic heterocycles. The summed E-state index contributed by atoms with van der Waals surface area (Å²) in [5, 5.41) is 5.46. The highest BCUT2D eigenvalue weighted by Gasteiger charge is 2.45. The van der Waals surface area contributed by atoms with E-state index in [2.05, 4.69) is 152 Å². The Morgan fingerprint density at radius 2 is 1.67 bits per heavy atom. The molecule has 11 rings (SSSR count). The van der Waals surface area contributed by atoms with Gasteiger partial charge in [0.25, 0.3) is 0 Å². The second kappa shape index (κ2) is 14.5. The molecule has 3 nitrogen and oxygen atoms in total. The zero-order chi connectivity index (χ0) is 37.9. The summed E-state index contributed by atoms with van der Waals surface area (Å²) in [5.41, 5.74) is 14.0. The second-order valence-corrected chi connectivity index (χ2v) is 18.2. The van der Waals surface area contributed by atoms with Gasteiger partial charge in [-0.3, -0.25) is 15.3 Å². The average Bonchev–Trinajstić information content (AvgIpc) is 3.28. The van der Waals surface area contributed by atoms with Gasteiger partial charge in [-0.1, -0.05) is 121 Å². The first-order valence-electron chi connectivity index (χ1n) is 22.1. The molecule has 7 aliphatic carbocycles. The maximum atomic E-state index is 5.87. The van der Waals surface area contributed by atoms with Gasteiger partial charge < -0.3 is 0 Å². The van der Waals surface area contributed by atoms with Gasteiger partial charge in [0.05, 0.1) is 5.52 Å². The molecule has 57 heavy (non-hydrogen) atoms. The number of hydrogen-bond acceptors (Lipinski definition) is 3. The Hall–Kier alpha value is -4.86. The summed E-state index contributed by atoms with van der Waals surface area (Å²) >= 11 is 0. The van der Waals surface area contributed by atoms with Crippen LogP contribution in [0.25, 0.3) is 23.1 Å². The Kier molecular flexibility index (Phi) is 8.99. The fourth-order valence-corrected chi connectivity index (χ4v) is 11.9. The van der Waals surface area contributed by atoms with E-state index < -0.39 is 5.66 Å². The van der Waals surface area contributed by atoms with Crippen LogP contribution in [-0.4, -0.2) is 22.4 Å². The van der Waals surface area contributed by atoms with Crippen molar-refractivity contribution in [3.63, 3.8) is 0 Å². The van der Waals surface area contributed by atoms with E-state index >= 15 is 0 Å². The third-order valence-corrected chi connectivity index (χ3v) is 14.9. The molecule has 7 unspecified atom stereocenters. The van der Waals surface area contributed by atoms with Crippen molar-refractivity contribution in [3.8, 4) is 0 Å².